The summed E-state index contributed by atoms with van der Waals surface area (Å²) >= 11 is 0. The quantitative estimate of drug-likeness (QED) is 0.879. The number of aromatic nitrogens is 2. The number of imidazole rings is 1. The lowest BCUT2D eigenvalue weighted by Crippen LogP contribution is -2.12. The molecule has 2 rings (SSSR count). The lowest BCUT2D eigenvalue weighted by atomic mass is 10.2. The van der Waals surface area contributed by atoms with E-state index >= 15 is 0 Å². The Kier molecular flexibility index (Phi) is 3.06. The number of benzene rings is 1. The van der Waals surface area contributed by atoms with Crippen molar-refractivity contribution in [2.75, 3.05) is 5.32 Å². The van der Waals surface area contributed by atoms with Crippen molar-refractivity contribution in [3.63, 3.8) is 0 Å². The standard InChI is InChI=1S/C12H11FN4/c1-17-8-15-7-12(17)11(6-14)16-10-5-3-2-4-9(10)13/h2-5,7-8,11,16H,1H3. The predicted octanol–water partition coefficient (Wildman–Crippen LogP) is 2.24. The maximum absolute atomic E-state index is 13.4. The number of nitrogens with one attached hydrogen (secondary N) is 1. The second-order valence-corrected chi connectivity index (χ2v) is 3.62. The molecule has 0 radical (unpaired) electrons. The Morgan fingerprint density at radius 2 is 2.24 bits per heavy atom. The number of aryl methyl sites for hydroxylation is 1. The number of hydrogen-bond donors (Lipinski definition) is 1. The molecule has 1 aromatic carbocycles. The first-order valence-corrected chi connectivity index (χ1v) is 5.09. The van der Waals surface area contributed by atoms with Gasteiger partial charge in [0, 0.05) is 7.05 Å². The number of para-hydroxylation sites is 1. The molecule has 17 heavy (non-hydrogen) atoms. The molecule has 1 atom stereocenters. The van der Waals surface area contributed by atoms with Gasteiger partial charge in [-0.3, -0.25) is 0 Å². The maximum Gasteiger partial charge on any atom is 0.156 e. The Morgan fingerprint density at radius 3 is 2.82 bits per heavy atom. The van der Waals surface area contributed by atoms with Crippen molar-refractivity contribution in [2.24, 2.45) is 7.05 Å². The summed E-state index contributed by atoms with van der Waals surface area (Å²) in [6.07, 6.45) is 3.18. The summed E-state index contributed by atoms with van der Waals surface area (Å²) in [4.78, 5) is 3.93. The number of hydrogen-bond acceptors (Lipinski definition) is 3. The Hall–Kier alpha value is -2.35. The van der Waals surface area contributed by atoms with Crippen molar-refractivity contribution in [2.45, 2.75) is 6.04 Å². The Morgan fingerprint density at radius 1 is 1.47 bits per heavy atom. The minimum Gasteiger partial charge on any atom is -0.363 e. The number of nitriles is 1. The van der Waals surface area contributed by atoms with E-state index in [0.717, 1.165) is 0 Å². The third-order valence-corrected chi connectivity index (χ3v) is 2.45. The van der Waals surface area contributed by atoms with Crippen LogP contribution < -0.4 is 5.32 Å². The van der Waals surface area contributed by atoms with E-state index < -0.39 is 6.04 Å². The largest absolute Gasteiger partial charge is 0.363 e. The van der Waals surface area contributed by atoms with Gasteiger partial charge in [-0.2, -0.15) is 5.26 Å². The van der Waals surface area contributed by atoms with E-state index in [-0.39, 0.29) is 5.82 Å². The van der Waals surface area contributed by atoms with Crippen molar-refractivity contribution in [3.05, 3.63) is 48.3 Å². The summed E-state index contributed by atoms with van der Waals surface area (Å²) in [5, 5.41) is 11.9. The average Bonchev–Trinajstić information content (AvgIpc) is 2.75. The van der Waals surface area contributed by atoms with E-state index in [0.29, 0.717) is 11.4 Å². The summed E-state index contributed by atoms with van der Waals surface area (Å²) < 4.78 is 15.2. The van der Waals surface area contributed by atoms with Gasteiger partial charge < -0.3 is 9.88 Å². The number of halogens is 1. The molecule has 0 aliphatic carbocycles. The molecule has 1 heterocycles. The summed E-state index contributed by atoms with van der Waals surface area (Å²) in [6, 6.07) is 7.71. The van der Waals surface area contributed by atoms with E-state index in [1.54, 1.807) is 42.3 Å². The van der Waals surface area contributed by atoms with Gasteiger partial charge in [-0.05, 0) is 12.1 Å². The van der Waals surface area contributed by atoms with E-state index in [1.165, 1.54) is 6.07 Å². The normalized spacial score (nSPS) is 11.8. The van der Waals surface area contributed by atoms with Gasteiger partial charge in [0.25, 0.3) is 0 Å². The lowest BCUT2D eigenvalue weighted by Gasteiger charge is -2.13. The summed E-state index contributed by atoms with van der Waals surface area (Å²) in [6.45, 7) is 0. The maximum atomic E-state index is 13.4. The van der Waals surface area contributed by atoms with Crippen molar-refractivity contribution in [3.8, 4) is 6.07 Å². The first-order chi connectivity index (χ1) is 8.22. The van der Waals surface area contributed by atoms with Gasteiger partial charge in [-0.15, -0.1) is 0 Å². The first-order valence-electron chi connectivity index (χ1n) is 5.09. The number of nitrogens with zero attached hydrogens (tertiary/aromatic N) is 3. The molecule has 1 N–H and O–H groups in total. The second-order valence-electron chi connectivity index (χ2n) is 3.62. The molecule has 4 nitrogen and oxygen atoms in total. The van der Waals surface area contributed by atoms with Gasteiger partial charge >= 0.3 is 0 Å². The zero-order valence-corrected chi connectivity index (χ0v) is 9.26. The molecule has 0 spiro atoms. The molecule has 1 unspecified atom stereocenters. The molecule has 0 saturated heterocycles. The topological polar surface area (TPSA) is 53.6 Å². The molecule has 0 saturated carbocycles. The van der Waals surface area contributed by atoms with Crippen LogP contribution in [0.15, 0.2) is 36.8 Å². The highest BCUT2D eigenvalue weighted by molar-refractivity contribution is 5.47. The van der Waals surface area contributed by atoms with Gasteiger partial charge in [0.1, 0.15) is 5.82 Å². The predicted molar refractivity (Wildman–Crippen MR) is 61.6 cm³/mol. The fourth-order valence-electron chi connectivity index (χ4n) is 1.55. The second kappa shape index (κ2) is 4.66. The Balaban J connectivity index is 2.26. The van der Waals surface area contributed by atoms with Crippen molar-refractivity contribution in [1.29, 1.82) is 5.26 Å². The summed E-state index contributed by atoms with van der Waals surface area (Å²) in [5.74, 6) is -0.380. The lowest BCUT2D eigenvalue weighted by molar-refractivity contribution is 0.628. The fourth-order valence-corrected chi connectivity index (χ4v) is 1.55. The van der Waals surface area contributed by atoms with Crippen molar-refractivity contribution >= 4 is 5.69 Å². The van der Waals surface area contributed by atoms with E-state index in [4.69, 9.17) is 5.26 Å². The van der Waals surface area contributed by atoms with E-state index in [1.807, 2.05) is 0 Å². The average molecular weight is 230 g/mol. The highest BCUT2D eigenvalue weighted by Crippen LogP contribution is 2.20. The molecule has 2 aromatic rings. The first kappa shape index (κ1) is 11.1. The third kappa shape index (κ3) is 2.26. The van der Waals surface area contributed by atoms with Gasteiger partial charge in [-0.25, -0.2) is 9.37 Å². The molecule has 0 bridgehead atoms. The minimum atomic E-state index is -0.626. The van der Waals surface area contributed by atoms with Crippen LogP contribution in [-0.4, -0.2) is 9.55 Å². The van der Waals surface area contributed by atoms with Crippen molar-refractivity contribution in [1.82, 2.24) is 9.55 Å². The van der Waals surface area contributed by atoms with Gasteiger partial charge in [-0.1, -0.05) is 12.1 Å². The monoisotopic (exact) mass is 230 g/mol. The van der Waals surface area contributed by atoms with Crippen LogP contribution in [0.4, 0.5) is 10.1 Å². The van der Waals surface area contributed by atoms with Crippen LogP contribution in [0.3, 0.4) is 0 Å². The van der Waals surface area contributed by atoms with Crippen LogP contribution in [0.1, 0.15) is 11.7 Å². The molecule has 0 fully saturated rings. The number of rotatable bonds is 3. The SMILES string of the molecule is Cn1cncc1C(C#N)Nc1ccccc1F. The van der Waals surface area contributed by atoms with Gasteiger partial charge in [0.05, 0.1) is 30.0 Å². The molecular weight excluding hydrogens is 219 g/mol. The molecule has 86 valence electrons. The third-order valence-electron chi connectivity index (χ3n) is 2.45. The van der Waals surface area contributed by atoms with Crippen LogP contribution in [0.25, 0.3) is 0 Å². The molecule has 5 heteroatoms. The van der Waals surface area contributed by atoms with Gasteiger partial charge in [0.2, 0.25) is 0 Å². The van der Waals surface area contributed by atoms with Gasteiger partial charge in [0.15, 0.2) is 6.04 Å². The van der Waals surface area contributed by atoms with Crippen LogP contribution in [0, 0.1) is 17.1 Å². The molecule has 1 aromatic heterocycles. The smallest absolute Gasteiger partial charge is 0.156 e. The van der Waals surface area contributed by atoms with E-state index in [9.17, 15) is 4.39 Å². The summed E-state index contributed by atoms with van der Waals surface area (Å²) in [5.41, 5.74) is 0.996. The minimum absolute atomic E-state index is 0.306. The summed E-state index contributed by atoms with van der Waals surface area (Å²) in [7, 11) is 1.79. The van der Waals surface area contributed by atoms with Crippen molar-refractivity contribution < 1.29 is 4.39 Å². The van der Waals surface area contributed by atoms with Crippen LogP contribution in [-0.2, 0) is 7.05 Å². The Bertz CT molecular complexity index is 556. The van der Waals surface area contributed by atoms with Crippen LogP contribution in [0.2, 0.25) is 0 Å². The Labute approximate surface area is 98.3 Å². The molecule has 0 amide bonds. The highest BCUT2D eigenvalue weighted by Gasteiger charge is 2.15. The zero-order valence-electron chi connectivity index (χ0n) is 9.26. The molecule has 0 aliphatic rings. The fraction of sp³-hybridized carbons (Fsp3) is 0.167. The number of anilines is 1. The van der Waals surface area contributed by atoms with Crippen LogP contribution in [0.5, 0.6) is 0 Å². The van der Waals surface area contributed by atoms with E-state index in [2.05, 4.69) is 16.4 Å². The highest BCUT2D eigenvalue weighted by atomic mass is 19.1. The zero-order chi connectivity index (χ0) is 12.3. The molecule has 0 aliphatic heterocycles. The molecular formula is C12H11FN4. The van der Waals surface area contributed by atoms with Crippen LogP contribution >= 0.6 is 0 Å².